The van der Waals surface area contributed by atoms with Crippen LogP contribution in [-0.2, 0) is 4.79 Å². The van der Waals surface area contributed by atoms with Gasteiger partial charge in [-0.25, -0.2) is 4.79 Å². The summed E-state index contributed by atoms with van der Waals surface area (Å²) in [6.07, 6.45) is 1.09. The van der Waals surface area contributed by atoms with Crippen molar-refractivity contribution in [3.05, 3.63) is 38.4 Å². The number of carbonyl (C=O) groups excluding carboxylic acids is 1. The number of aliphatic imine (C=N–C) groups is 1. The molecule has 15 heavy (non-hydrogen) atoms. The molecule has 0 aliphatic rings. The molecule has 0 N–H and O–H groups in total. The van der Waals surface area contributed by atoms with Gasteiger partial charge in [-0.2, -0.15) is 4.99 Å². The molecule has 0 amide bonds. The van der Waals surface area contributed by atoms with Crippen LogP contribution < -0.4 is 0 Å². The second-order valence-electron chi connectivity index (χ2n) is 2.36. The van der Waals surface area contributed by atoms with Gasteiger partial charge in [-0.05, 0) is 6.07 Å². The highest BCUT2D eigenvalue weighted by molar-refractivity contribution is 5.70. The van der Waals surface area contributed by atoms with E-state index in [0.717, 1.165) is 18.2 Å². The molecule has 76 valence electrons. The van der Waals surface area contributed by atoms with Gasteiger partial charge in [-0.1, -0.05) is 6.07 Å². The van der Waals surface area contributed by atoms with Crippen molar-refractivity contribution >= 4 is 23.1 Å². The Balaban J connectivity index is 3.55. The first-order valence-electron chi connectivity index (χ1n) is 3.57. The number of nitrogens with zero attached hydrogens (tertiary/aromatic N) is 3. The highest BCUT2D eigenvalue weighted by Crippen LogP contribution is 2.35. The average Bonchev–Trinajstić information content (AvgIpc) is 2.17. The molecule has 0 fully saturated rings. The highest BCUT2D eigenvalue weighted by atomic mass is 16.6. The van der Waals surface area contributed by atoms with Crippen LogP contribution in [0.2, 0.25) is 0 Å². The molecule has 0 aliphatic carbocycles. The van der Waals surface area contributed by atoms with Crippen molar-refractivity contribution in [2.75, 3.05) is 0 Å². The van der Waals surface area contributed by atoms with Crippen LogP contribution in [-0.4, -0.2) is 15.9 Å². The van der Waals surface area contributed by atoms with Crippen LogP contribution in [0.4, 0.5) is 17.1 Å². The fourth-order valence-corrected chi connectivity index (χ4v) is 0.993. The zero-order valence-electron chi connectivity index (χ0n) is 7.11. The molecule has 8 heteroatoms. The van der Waals surface area contributed by atoms with Crippen LogP contribution >= 0.6 is 0 Å². The fraction of sp³-hybridized carbons (Fsp3) is 0. The van der Waals surface area contributed by atoms with E-state index in [0.29, 0.717) is 0 Å². The first-order chi connectivity index (χ1) is 7.07. The zero-order chi connectivity index (χ0) is 11.4. The van der Waals surface area contributed by atoms with Crippen molar-refractivity contribution in [3.8, 4) is 0 Å². The molecule has 0 aliphatic heterocycles. The molecule has 1 rings (SSSR count). The Morgan fingerprint density at radius 2 is 1.87 bits per heavy atom. The Kier molecular flexibility index (Phi) is 2.85. The third-order valence-electron chi connectivity index (χ3n) is 1.54. The Morgan fingerprint density at radius 3 is 2.33 bits per heavy atom. The smallest absolute Gasteiger partial charge is 0.258 e. The van der Waals surface area contributed by atoms with Crippen LogP contribution in [0.5, 0.6) is 0 Å². The summed E-state index contributed by atoms with van der Waals surface area (Å²) >= 11 is 0. The first-order valence-corrected chi connectivity index (χ1v) is 3.57. The lowest BCUT2D eigenvalue weighted by Gasteiger charge is -1.96. The van der Waals surface area contributed by atoms with Gasteiger partial charge in [0, 0.05) is 6.07 Å². The van der Waals surface area contributed by atoms with Crippen LogP contribution in [0.15, 0.2) is 23.2 Å². The van der Waals surface area contributed by atoms with E-state index in [2.05, 4.69) is 4.99 Å². The highest BCUT2D eigenvalue weighted by Gasteiger charge is 2.27. The van der Waals surface area contributed by atoms with Gasteiger partial charge in [0.1, 0.15) is 0 Å². The van der Waals surface area contributed by atoms with Crippen molar-refractivity contribution in [1.82, 2.24) is 0 Å². The van der Waals surface area contributed by atoms with Gasteiger partial charge >= 0.3 is 11.4 Å². The van der Waals surface area contributed by atoms with E-state index >= 15 is 0 Å². The lowest BCUT2D eigenvalue weighted by Crippen LogP contribution is -1.96. The first kappa shape index (κ1) is 10.5. The van der Waals surface area contributed by atoms with Gasteiger partial charge in [0.25, 0.3) is 0 Å². The minimum Gasteiger partial charge on any atom is -0.258 e. The predicted molar refractivity (Wildman–Crippen MR) is 47.5 cm³/mol. The molecule has 0 aromatic heterocycles. The van der Waals surface area contributed by atoms with Crippen LogP contribution in [0, 0.1) is 20.2 Å². The Labute approximate surface area is 82.2 Å². The molecular formula is C7H3N3O5. The van der Waals surface area contributed by atoms with Gasteiger partial charge in [0.05, 0.1) is 9.85 Å². The molecule has 1 aromatic carbocycles. The summed E-state index contributed by atoms with van der Waals surface area (Å²) in [4.78, 5) is 32.1. The van der Waals surface area contributed by atoms with E-state index < -0.39 is 21.2 Å². The zero-order valence-corrected chi connectivity index (χ0v) is 7.11. The summed E-state index contributed by atoms with van der Waals surface area (Å²) in [5, 5.41) is 21.0. The SMILES string of the molecule is O=C=Nc1cccc([N+](=O)[O-])c1[N+](=O)[O-]. The normalized spacial score (nSPS) is 9.07. The molecule has 0 saturated carbocycles. The van der Waals surface area contributed by atoms with E-state index in [4.69, 9.17) is 0 Å². The Hall–Kier alpha value is -2.60. The van der Waals surface area contributed by atoms with E-state index in [9.17, 15) is 25.0 Å². The Bertz CT molecular complexity index is 457. The molecule has 8 nitrogen and oxygen atoms in total. The Morgan fingerprint density at radius 1 is 1.20 bits per heavy atom. The van der Waals surface area contributed by atoms with Crippen LogP contribution in [0.1, 0.15) is 0 Å². The number of isocyanates is 1. The lowest BCUT2D eigenvalue weighted by molar-refractivity contribution is -0.421. The molecule has 0 bridgehead atoms. The number of benzene rings is 1. The molecule has 0 atom stereocenters. The largest absolute Gasteiger partial charge is 0.372 e. The van der Waals surface area contributed by atoms with Gasteiger partial charge in [0.15, 0.2) is 5.69 Å². The molecule has 0 heterocycles. The van der Waals surface area contributed by atoms with E-state index in [1.807, 2.05) is 0 Å². The van der Waals surface area contributed by atoms with Gasteiger partial charge < -0.3 is 0 Å². The second kappa shape index (κ2) is 4.07. The summed E-state index contributed by atoms with van der Waals surface area (Å²) < 4.78 is 0. The van der Waals surface area contributed by atoms with E-state index in [1.54, 1.807) is 0 Å². The third-order valence-corrected chi connectivity index (χ3v) is 1.54. The number of hydrogen-bond acceptors (Lipinski definition) is 6. The average molecular weight is 209 g/mol. The molecule has 0 radical (unpaired) electrons. The van der Waals surface area contributed by atoms with Crippen molar-refractivity contribution in [2.24, 2.45) is 4.99 Å². The van der Waals surface area contributed by atoms with Gasteiger partial charge in [-0.15, -0.1) is 0 Å². The quantitative estimate of drug-likeness (QED) is 0.323. The number of nitro benzene ring substituents is 2. The van der Waals surface area contributed by atoms with E-state index in [1.165, 1.54) is 6.07 Å². The maximum Gasteiger partial charge on any atom is 0.372 e. The number of para-hydroxylation sites is 1. The topological polar surface area (TPSA) is 116 Å². The lowest BCUT2D eigenvalue weighted by atomic mass is 10.2. The van der Waals surface area contributed by atoms with Gasteiger partial charge in [0.2, 0.25) is 6.08 Å². The third kappa shape index (κ3) is 2.01. The second-order valence-corrected chi connectivity index (χ2v) is 2.36. The molecular weight excluding hydrogens is 206 g/mol. The van der Waals surface area contributed by atoms with Gasteiger partial charge in [-0.3, -0.25) is 20.2 Å². The summed E-state index contributed by atoms with van der Waals surface area (Å²) in [6, 6.07) is 3.28. The fourth-order valence-electron chi connectivity index (χ4n) is 0.993. The summed E-state index contributed by atoms with van der Waals surface area (Å²) in [5.74, 6) is 0. The van der Waals surface area contributed by atoms with Crippen molar-refractivity contribution < 1.29 is 14.6 Å². The molecule has 0 unspecified atom stereocenters. The maximum absolute atomic E-state index is 10.5. The van der Waals surface area contributed by atoms with Crippen LogP contribution in [0.25, 0.3) is 0 Å². The van der Waals surface area contributed by atoms with Crippen molar-refractivity contribution in [1.29, 1.82) is 0 Å². The van der Waals surface area contributed by atoms with Crippen LogP contribution in [0.3, 0.4) is 0 Å². The number of hydrogen-bond donors (Lipinski definition) is 0. The van der Waals surface area contributed by atoms with Crippen molar-refractivity contribution in [2.45, 2.75) is 0 Å². The summed E-state index contributed by atoms with van der Waals surface area (Å²) in [7, 11) is 0. The number of rotatable bonds is 3. The predicted octanol–water partition coefficient (Wildman–Crippen LogP) is 1.47. The minimum atomic E-state index is -0.964. The van der Waals surface area contributed by atoms with Crippen molar-refractivity contribution in [3.63, 3.8) is 0 Å². The molecule has 0 saturated heterocycles. The summed E-state index contributed by atoms with van der Waals surface area (Å²) in [6.45, 7) is 0. The standard InChI is InChI=1S/C7H3N3O5/c11-4-8-5-2-1-3-6(9(12)13)7(5)10(14)15/h1-3H. The molecule has 1 aromatic rings. The monoisotopic (exact) mass is 209 g/mol. The number of nitro groups is 2. The van der Waals surface area contributed by atoms with E-state index in [-0.39, 0.29) is 5.69 Å². The maximum atomic E-state index is 10.5. The molecule has 0 spiro atoms. The minimum absolute atomic E-state index is 0.385. The summed E-state index contributed by atoms with van der Waals surface area (Å²) in [5.41, 5.74) is -1.91.